The standard InChI is InChI=1S/C21H36N6O5S/c1-11(2)16(26-18(28)14(22)6-7-33-5)20(30)25-15(8-13-9-23-10-24-13)19(29)27-17(12(3)4)21(31)32/h9-12,14-17H,6-8,22H2,1-5H3,(H,23,24)(H,25,30)(H,26,28)(H,27,29)(H,31,32). The van der Waals surface area contributed by atoms with Crippen molar-refractivity contribution in [2.75, 3.05) is 12.0 Å². The molecular weight excluding hydrogens is 448 g/mol. The molecule has 0 aromatic carbocycles. The number of H-pyrrole nitrogens is 1. The third-order valence-corrected chi connectivity index (χ3v) is 5.70. The van der Waals surface area contributed by atoms with Crippen molar-refractivity contribution in [3.8, 4) is 0 Å². The van der Waals surface area contributed by atoms with Gasteiger partial charge in [-0.25, -0.2) is 9.78 Å². The number of nitrogens with zero attached hydrogens (tertiary/aromatic N) is 1. The van der Waals surface area contributed by atoms with Gasteiger partial charge in [0.2, 0.25) is 17.7 Å². The van der Waals surface area contributed by atoms with Crippen LogP contribution in [-0.2, 0) is 25.6 Å². The number of imidazole rings is 1. The van der Waals surface area contributed by atoms with Crippen LogP contribution in [0.4, 0.5) is 0 Å². The molecule has 7 N–H and O–H groups in total. The number of carbonyl (C=O) groups excluding carboxylic acids is 3. The summed E-state index contributed by atoms with van der Waals surface area (Å²) in [7, 11) is 0. The number of hydrogen-bond acceptors (Lipinski definition) is 7. The van der Waals surface area contributed by atoms with Gasteiger partial charge in [0, 0.05) is 18.3 Å². The Morgan fingerprint density at radius 2 is 1.64 bits per heavy atom. The third kappa shape index (κ3) is 9.42. The molecule has 0 saturated carbocycles. The molecule has 4 unspecified atom stereocenters. The van der Waals surface area contributed by atoms with Crippen molar-refractivity contribution in [3.63, 3.8) is 0 Å². The molecule has 3 amide bonds. The van der Waals surface area contributed by atoms with Gasteiger partial charge in [0.1, 0.15) is 18.1 Å². The molecular formula is C21H36N6O5S. The smallest absolute Gasteiger partial charge is 0.326 e. The van der Waals surface area contributed by atoms with Gasteiger partial charge in [-0.2, -0.15) is 11.8 Å². The first-order valence-electron chi connectivity index (χ1n) is 10.8. The number of nitrogens with one attached hydrogen (secondary N) is 4. The molecule has 1 aromatic rings. The van der Waals surface area contributed by atoms with Gasteiger partial charge in [-0.1, -0.05) is 27.7 Å². The summed E-state index contributed by atoms with van der Waals surface area (Å²) in [4.78, 5) is 56.7. The maximum atomic E-state index is 13.1. The fourth-order valence-corrected chi connectivity index (χ4v) is 3.52. The topological polar surface area (TPSA) is 179 Å². The van der Waals surface area contributed by atoms with E-state index in [1.165, 1.54) is 12.5 Å². The van der Waals surface area contributed by atoms with Crippen molar-refractivity contribution < 1.29 is 24.3 Å². The van der Waals surface area contributed by atoms with E-state index in [9.17, 15) is 24.3 Å². The molecule has 33 heavy (non-hydrogen) atoms. The van der Waals surface area contributed by atoms with Gasteiger partial charge in [-0.3, -0.25) is 14.4 Å². The summed E-state index contributed by atoms with van der Waals surface area (Å²) >= 11 is 1.57. The first-order chi connectivity index (χ1) is 15.5. The van der Waals surface area contributed by atoms with Crippen LogP contribution in [0.25, 0.3) is 0 Å². The quantitative estimate of drug-likeness (QED) is 0.211. The molecule has 0 bridgehead atoms. The predicted molar refractivity (Wildman–Crippen MR) is 126 cm³/mol. The number of nitrogens with two attached hydrogens (primary N) is 1. The number of hydrogen-bond donors (Lipinski definition) is 6. The Balaban J connectivity index is 3.00. The fourth-order valence-electron chi connectivity index (χ4n) is 3.03. The van der Waals surface area contributed by atoms with Crippen molar-refractivity contribution in [2.24, 2.45) is 17.6 Å². The fraction of sp³-hybridized carbons (Fsp3) is 0.667. The molecule has 4 atom stereocenters. The maximum Gasteiger partial charge on any atom is 0.326 e. The second-order valence-electron chi connectivity index (χ2n) is 8.53. The van der Waals surface area contributed by atoms with Crippen molar-refractivity contribution in [3.05, 3.63) is 18.2 Å². The summed E-state index contributed by atoms with van der Waals surface area (Å²) in [6.07, 6.45) is 5.39. The van der Waals surface area contributed by atoms with Gasteiger partial charge in [-0.05, 0) is 30.3 Å². The van der Waals surface area contributed by atoms with Crippen LogP contribution in [0, 0.1) is 11.8 Å². The monoisotopic (exact) mass is 484 g/mol. The lowest BCUT2D eigenvalue weighted by atomic mass is 10.0. The normalized spacial score (nSPS) is 14.9. The molecule has 11 nitrogen and oxygen atoms in total. The van der Waals surface area contributed by atoms with Gasteiger partial charge in [0.25, 0.3) is 0 Å². The van der Waals surface area contributed by atoms with Crippen molar-refractivity contribution >= 4 is 35.5 Å². The van der Waals surface area contributed by atoms with Crippen LogP contribution in [0.2, 0.25) is 0 Å². The Morgan fingerprint density at radius 1 is 1.03 bits per heavy atom. The predicted octanol–water partition coefficient (Wildman–Crippen LogP) is -0.116. The summed E-state index contributed by atoms with van der Waals surface area (Å²) in [6, 6.07) is -3.87. The van der Waals surface area contributed by atoms with Gasteiger partial charge < -0.3 is 31.8 Å². The lowest BCUT2D eigenvalue weighted by Crippen LogP contribution is -2.59. The molecule has 186 valence electrons. The number of carboxylic acid groups (broad SMARTS) is 1. The van der Waals surface area contributed by atoms with E-state index in [1.54, 1.807) is 39.5 Å². The number of rotatable bonds is 14. The number of aromatic nitrogens is 2. The van der Waals surface area contributed by atoms with E-state index in [2.05, 4.69) is 25.9 Å². The summed E-state index contributed by atoms with van der Waals surface area (Å²) < 4.78 is 0. The Kier molecular flexibility index (Phi) is 11.9. The Hall–Kier alpha value is -2.60. The van der Waals surface area contributed by atoms with E-state index in [-0.39, 0.29) is 18.3 Å². The molecule has 0 aliphatic carbocycles. The number of carboxylic acids is 1. The van der Waals surface area contributed by atoms with Crippen LogP contribution in [0.1, 0.15) is 39.8 Å². The molecule has 0 aliphatic rings. The van der Waals surface area contributed by atoms with Crippen molar-refractivity contribution in [1.29, 1.82) is 0 Å². The van der Waals surface area contributed by atoms with E-state index in [1.807, 2.05) is 6.26 Å². The molecule has 1 heterocycles. The average molecular weight is 485 g/mol. The molecule has 0 saturated heterocycles. The summed E-state index contributed by atoms with van der Waals surface area (Å²) in [5.41, 5.74) is 6.49. The van der Waals surface area contributed by atoms with Gasteiger partial charge in [0.05, 0.1) is 12.4 Å². The summed E-state index contributed by atoms with van der Waals surface area (Å²) in [5.74, 6) is -2.76. The minimum atomic E-state index is -1.17. The Bertz CT molecular complexity index is 786. The Morgan fingerprint density at radius 3 is 2.12 bits per heavy atom. The second-order valence-corrected chi connectivity index (χ2v) is 9.51. The minimum Gasteiger partial charge on any atom is -0.480 e. The zero-order valence-electron chi connectivity index (χ0n) is 19.8. The number of aromatic amines is 1. The number of amides is 3. The zero-order chi connectivity index (χ0) is 25.1. The first-order valence-corrected chi connectivity index (χ1v) is 12.2. The molecule has 0 fully saturated rings. The van der Waals surface area contributed by atoms with Crippen LogP contribution in [0.3, 0.4) is 0 Å². The first kappa shape index (κ1) is 28.4. The summed E-state index contributed by atoms with van der Waals surface area (Å²) in [6.45, 7) is 6.88. The van der Waals surface area contributed by atoms with E-state index >= 15 is 0 Å². The van der Waals surface area contributed by atoms with E-state index in [4.69, 9.17) is 5.73 Å². The molecule has 12 heteroatoms. The van der Waals surface area contributed by atoms with Crippen molar-refractivity contribution in [2.45, 2.75) is 64.7 Å². The highest BCUT2D eigenvalue weighted by atomic mass is 32.2. The SMILES string of the molecule is CSCCC(N)C(=O)NC(C(=O)NC(Cc1cnc[nH]1)C(=O)NC(C(=O)O)C(C)C)C(C)C. The minimum absolute atomic E-state index is 0.0635. The lowest BCUT2D eigenvalue weighted by Gasteiger charge is -2.27. The largest absolute Gasteiger partial charge is 0.480 e. The maximum absolute atomic E-state index is 13.1. The zero-order valence-corrected chi connectivity index (χ0v) is 20.6. The highest BCUT2D eigenvalue weighted by molar-refractivity contribution is 7.98. The number of thioether (sulfide) groups is 1. The lowest BCUT2D eigenvalue weighted by molar-refractivity contribution is -0.143. The van der Waals surface area contributed by atoms with Gasteiger partial charge in [-0.15, -0.1) is 0 Å². The van der Waals surface area contributed by atoms with Crippen LogP contribution in [-0.4, -0.2) is 74.9 Å². The van der Waals surface area contributed by atoms with Gasteiger partial charge in [0.15, 0.2) is 0 Å². The van der Waals surface area contributed by atoms with Crippen LogP contribution >= 0.6 is 11.8 Å². The van der Waals surface area contributed by atoms with Crippen LogP contribution < -0.4 is 21.7 Å². The molecule has 1 aromatic heterocycles. The van der Waals surface area contributed by atoms with Crippen LogP contribution in [0.15, 0.2) is 12.5 Å². The third-order valence-electron chi connectivity index (χ3n) is 5.06. The average Bonchev–Trinajstić information content (AvgIpc) is 3.25. The molecule has 0 aliphatic heterocycles. The van der Waals surface area contributed by atoms with Crippen LogP contribution in [0.5, 0.6) is 0 Å². The molecule has 0 spiro atoms. The molecule has 0 radical (unpaired) electrons. The van der Waals surface area contributed by atoms with Gasteiger partial charge >= 0.3 is 5.97 Å². The highest BCUT2D eigenvalue weighted by Gasteiger charge is 2.32. The second kappa shape index (κ2) is 13.8. The van der Waals surface area contributed by atoms with E-state index < -0.39 is 47.9 Å². The van der Waals surface area contributed by atoms with E-state index in [0.29, 0.717) is 17.9 Å². The number of aliphatic carboxylic acids is 1. The summed E-state index contributed by atoms with van der Waals surface area (Å²) in [5, 5.41) is 17.2. The number of carbonyl (C=O) groups is 4. The molecule has 1 rings (SSSR count). The Labute approximate surface area is 198 Å². The van der Waals surface area contributed by atoms with Crippen molar-refractivity contribution in [1.82, 2.24) is 25.9 Å². The van der Waals surface area contributed by atoms with E-state index in [0.717, 1.165) is 0 Å². The highest BCUT2D eigenvalue weighted by Crippen LogP contribution is 2.08.